The standard InChI is InChI=1S/C19H21N3O4S/c1-9-8-14(9)17(24)22-13-6-4-12(5-7-13)16(23)20-11(3)18-21-10(2)15(27-18)19(25)26/h4-7,9,11,14H,8H2,1-3H3,(H,20,23)(H,22,24)(H,25,26). The second-order valence-electron chi connectivity index (χ2n) is 6.85. The van der Waals surface area contributed by atoms with Gasteiger partial charge >= 0.3 is 5.97 Å². The Morgan fingerprint density at radius 2 is 1.89 bits per heavy atom. The molecule has 0 radical (unpaired) electrons. The van der Waals surface area contributed by atoms with Crippen molar-refractivity contribution in [1.29, 1.82) is 0 Å². The minimum atomic E-state index is -1.02. The second-order valence-corrected chi connectivity index (χ2v) is 7.88. The van der Waals surface area contributed by atoms with Crippen LogP contribution < -0.4 is 10.6 Å². The van der Waals surface area contributed by atoms with E-state index >= 15 is 0 Å². The molecule has 0 aliphatic heterocycles. The molecule has 142 valence electrons. The fraction of sp³-hybridized carbons (Fsp3) is 0.368. The van der Waals surface area contributed by atoms with Gasteiger partial charge in [0.05, 0.1) is 11.7 Å². The summed E-state index contributed by atoms with van der Waals surface area (Å²) in [5.41, 5.74) is 1.55. The van der Waals surface area contributed by atoms with Gasteiger partial charge in [-0.25, -0.2) is 9.78 Å². The van der Waals surface area contributed by atoms with Gasteiger partial charge in [-0.05, 0) is 50.5 Å². The number of hydrogen-bond donors (Lipinski definition) is 3. The highest BCUT2D eigenvalue weighted by Crippen LogP contribution is 2.38. The molecular formula is C19H21N3O4S. The van der Waals surface area contributed by atoms with E-state index in [2.05, 4.69) is 15.6 Å². The molecule has 3 rings (SSSR count). The quantitative estimate of drug-likeness (QED) is 0.705. The van der Waals surface area contributed by atoms with E-state index in [1.165, 1.54) is 0 Å². The van der Waals surface area contributed by atoms with Gasteiger partial charge in [-0.3, -0.25) is 9.59 Å². The van der Waals surface area contributed by atoms with Gasteiger partial charge < -0.3 is 15.7 Å². The smallest absolute Gasteiger partial charge is 0.347 e. The topological polar surface area (TPSA) is 108 Å². The van der Waals surface area contributed by atoms with Crippen LogP contribution in [0, 0.1) is 18.8 Å². The Balaban J connectivity index is 1.61. The number of nitrogens with zero attached hydrogens (tertiary/aromatic N) is 1. The van der Waals surface area contributed by atoms with Crippen molar-refractivity contribution in [3.8, 4) is 0 Å². The molecule has 2 amide bonds. The number of aromatic nitrogens is 1. The molecule has 1 aromatic heterocycles. The van der Waals surface area contributed by atoms with Crippen LogP contribution in [0.25, 0.3) is 0 Å². The summed E-state index contributed by atoms with van der Waals surface area (Å²) >= 11 is 1.06. The first-order valence-corrected chi connectivity index (χ1v) is 9.50. The van der Waals surface area contributed by atoms with Crippen LogP contribution in [0.1, 0.15) is 57.0 Å². The van der Waals surface area contributed by atoms with Crippen molar-refractivity contribution in [3.63, 3.8) is 0 Å². The maximum Gasteiger partial charge on any atom is 0.347 e. The van der Waals surface area contributed by atoms with Crippen molar-refractivity contribution in [2.45, 2.75) is 33.2 Å². The van der Waals surface area contributed by atoms with E-state index in [1.54, 1.807) is 38.1 Å². The summed E-state index contributed by atoms with van der Waals surface area (Å²) in [5, 5.41) is 15.3. The lowest BCUT2D eigenvalue weighted by molar-refractivity contribution is -0.117. The van der Waals surface area contributed by atoms with Gasteiger partial charge in [-0.15, -0.1) is 11.3 Å². The Morgan fingerprint density at radius 1 is 1.26 bits per heavy atom. The van der Waals surface area contributed by atoms with Crippen LogP contribution in [-0.2, 0) is 4.79 Å². The molecule has 0 bridgehead atoms. The molecule has 3 unspecified atom stereocenters. The summed E-state index contributed by atoms with van der Waals surface area (Å²) in [6.45, 7) is 5.43. The highest BCUT2D eigenvalue weighted by Gasteiger charge is 2.39. The predicted octanol–water partition coefficient (Wildman–Crippen LogP) is 3.24. The first-order valence-electron chi connectivity index (χ1n) is 8.68. The lowest BCUT2D eigenvalue weighted by Crippen LogP contribution is -2.26. The van der Waals surface area contributed by atoms with Gasteiger partial charge in [0.2, 0.25) is 5.91 Å². The minimum absolute atomic E-state index is 0.0155. The number of aryl methyl sites for hydroxylation is 1. The Kier molecular flexibility index (Phi) is 5.27. The Labute approximate surface area is 160 Å². The van der Waals surface area contributed by atoms with E-state index in [4.69, 9.17) is 5.11 Å². The molecule has 8 heteroatoms. The van der Waals surface area contributed by atoms with E-state index in [0.717, 1.165) is 17.8 Å². The summed E-state index contributed by atoms with van der Waals surface area (Å²) in [4.78, 5) is 39.9. The normalized spacial score (nSPS) is 19.2. The monoisotopic (exact) mass is 387 g/mol. The number of carbonyl (C=O) groups excluding carboxylic acids is 2. The Bertz CT molecular complexity index is 891. The Morgan fingerprint density at radius 3 is 2.41 bits per heavy atom. The molecule has 1 saturated carbocycles. The van der Waals surface area contributed by atoms with Gasteiger partial charge in [-0.1, -0.05) is 6.92 Å². The number of carboxylic acids is 1. The van der Waals surface area contributed by atoms with Gasteiger partial charge in [0.15, 0.2) is 0 Å². The summed E-state index contributed by atoms with van der Waals surface area (Å²) in [6.07, 6.45) is 0.921. The van der Waals surface area contributed by atoms with Crippen LogP contribution in [0.4, 0.5) is 5.69 Å². The number of nitrogens with one attached hydrogen (secondary N) is 2. The molecule has 2 aromatic rings. The predicted molar refractivity (Wildman–Crippen MR) is 102 cm³/mol. The van der Waals surface area contributed by atoms with Crippen LogP contribution in [0.5, 0.6) is 0 Å². The van der Waals surface area contributed by atoms with Gasteiger partial charge in [-0.2, -0.15) is 0 Å². The minimum Gasteiger partial charge on any atom is -0.477 e. The molecular weight excluding hydrogens is 366 g/mol. The third-order valence-electron chi connectivity index (χ3n) is 4.59. The molecule has 0 saturated heterocycles. The number of thiazole rings is 1. The molecule has 1 heterocycles. The fourth-order valence-electron chi connectivity index (χ4n) is 2.77. The number of amides is 2. The summed E-state index contributed by atoms with van der Waals surface area (Å²) in [7, 11) is 0. The molecule has 27 heavy (non-hydrogen) atoms. The zero-order valence-corrected chi connectivity index (χ0v) is 16.1. The molecule has 7 nitrogen and oxygen atoms in total. The lowest BCUT2D eigenvalue weighted by atomic mass is 10.1. The van der Waals surface area contributed by atoms with Crippen LogP contribution in [-0.4, -0.2) is 27.9 Å². The van der Waals surface area contributed by atoms with E-state index in [0.29, 0.717) is 27.9 Å². The maximum atomic E-state index is 12.4. The van der Waals surface area contributed by atoms with E-state index < -0.39 is 12.0 Å². The maximum absolute atomic E-state index is 12.4. The van der Waals surface area contributed by atoms with Crippen molar-refractivity contribution < 1.29 is 19.5 Å². The first kappa shape index (κ1) is 19.0. The average molecular weight is 387 g/mol. The number of anilines is 1. The number of carbonyl (C=O) groups is 3. The van der Waals surface area contributed by atoms with Crippen molar-refractivity contribution >= 4 is 34.8 Å². The zero-order chi connectivity index (χ0) is 19.7. The molecule has 1 aliphatic carbocycles. The molecule has 3 atom stereocenters. The number of hydrogen-bond acceptors (Lipinski definition) is 5. The van der Waals surface area contributed by atoms with Crippen molar-refractivity contribution in [1.82, 2.24) is 10.3 Å². The Hall–Kier alpha value is -2.74. The first-order chi connectivity index (χ1) is 12.8. The number of aromatic carboxylic acids is 1. The zero-order valence-electron chi connectivity index (χ0n) is 15.3. The molecule has 1 aliphatic rings. The van der Waals surface area contributed by atoms with Gasteiger partial charge in [0.25, 0.3) is 5.91 Å². The highest BCUT2D eigenvalue weighted by atomic mass is 32.1. The molecule has 1 fully saturated rings. The molecule has 0 spiro atoms. The van der Waals surface area contributed by atoms with Gasteiger partial charge in [0.1, 0.15) is 9.88 Å². The summed E-state index contributed by atoms with van der Waals surface area (Å²) < 4.78 is 0. The van der Waals surface area contributed by atoms with E-state index in [-0.39, 0.29) is 22.6 Å². The van der Waals surface area contributed by atoms with Gasteiger partial charge in [0, 0.05) is 17.2 Å². The fourth-order valence-corrected chi connectivity index (χ4v) is 3.68. The van der Waals surface area contributed by atoms with Crippen LogP contribution in [0.2, 0.25) is 0 Å². The van der Waals surface area contributed by atoms with E-state index in [9.17, 15) is 14.4 Å². The van der Waals surface area contributed by atoms with Crippen molar-refractivity contribution in [2.24, 2.45) is 11.8 Å². The van der Waals surface area contributed by atoms with Crippen LogP contribution in [0.15, 0.2) is 24.3 Å². The lowest BCUT2D eigenvalue weighted by Gasteiger charge is -2.12. The largest absolute Gasteiger partial charge is 0.477 e. The molecule has 1 aromatic carbocycles. The van der Waals surface area contributed by atoms with E-state index in [1.807, 2.05) is 6.92 Å². The number of benzene rings is 1. The van der Waals surface area contributed by atoms with Crippen LogP contribution in [0.3, 0.4) is 0 Å². The van der Waals surface area contributed by atoms with Crippen molar-refractivity contribution in [3.05, 3.63) is 45.4 Å². The average Bonchev–Trinajstić information content (AvgIpc) is 3.21. The summed E-state index contributed by atoms with van der Waals surface area (Å²) in [5.74, 6) is -0.769. The number of rotatable bonds is 6. The summed E-state index contributed by atoms with van der Waals surface area (Å²) in [6, 6.07) is 6.26. The number of carboxylic acid groups (broad SMARTS) is 1. The second kappa shape index (κ2) is 7.48. The highest BCUT2D eigenvalue weighted by molar-refractivity contribution is 7.13. The SMILES string of the molecule is Cc1nc(C(C)NC(=O)c2ccc(NC(=O)C3CC3C)cc2)sc1C(=O)O. The van der Waals surface area contributed by atoms with Crippen molar-refractivity contribution in [2.75, 3.05) is 5.32 Å². The third-order valence-corrected chi connectivity index (χ3v) is 5.91. The van der Waals surface area contributed by atoms with Crippen LogP contribution >= 0.6 is 11.3 Å². The third kappa shape index (κ3) is 4.33. The molecule has 3 N–H and O–H groups in total.